The highest BCUT2D eigenvalue weighted by atomic mass is 35.5. The van der Waals surface area contributed by atoms with E-state index in [1.807, 2.05) is 0 Å². The number of thiophene rings is 1. The molecule has 10 heteroatoms. The molecule has 6 nitrogen and oxygen atoms in total. The number of ether oxygens (including phenoxy) is 1. The van der Waals surface area contributed by atoms with E-state index in [1.165, 1.54) is 11.3 Å². The molecule has 0 fully saturated rings. The van der Waals surface area contributed by atoms with Crippen molar-refractivity contribution in [3.8, 4) is 5.88 Å². The lowest BCUT2D eigenvalue weighted by Crippen LogP contribution is -2.19. The van der Waals surface area contributed by atoms with Crippen LogP contribution in [0.2, 0.25) is 5.02 Å². The van der Waals surface area contributed by atoms with Gasteiger partial charge in [0.05, 0.1) is 16.1 Å². The summed E-state index contributed by atoms with van der Waals surface area (Å²) in [7, 11) is 0. The summed E-state index contributed by atoms with van der Waals surface area (Å²) in [5, 5.41) is 11.2. The number of hydrogen-bond donors (Lipinski definition) is 3. The average molecular weight is 401 g/mol. The van der Waals surface area contributed by atoms with Gasteiger partial charge in [-0.05, 0) is 23.6 Å². The third-order valence-electron chi connectivity index (χ3n) is 3.53. The molecule has 0 aliphatic carbocycles. The molecule has 0 bridgehead atoms. The Balaban J connectivity index is 2.37. The van der Waals surface area contributed by atoms with Crippen molar-refractivity contribution in [1.29, 1.82) is 0 Å². The maximum atomic E-state index is 14.0. The first kappa shape index (κ1) is 17.6. The molecule has 1 aromatic carbocycles. The number of aromatic nitrogens is 1. The second-order valence-electron chi connectivity index (χ2n) is 4.97. The Morgan fingerprint density at radius 1 is 1.44 bits per heavy atom. The first-order valence-corrected chi connectivity index (χ1v) is 8.46. The number of nitrogens with two attached hydrogens (primary N) is 1. The van der Waals surface area contributed by atoms with Crippen molar-refractivity contribution in [3.05, 3.63) is 50.9 Å². The molecule has 1 amide bonds. The van der Waals surface area contributed by atoms with Crippen LogP contribution in [0.3, 0.4) is 0 Å². The molecule has 3 N–H and O–H groups in total. The number of carbonyl (C=O) groups excluding carboxylic acids is 2. The molecule has 25 heavy (non-hydrogen) atoms. The summed E-state index contributed by atoms with van der Waals surface area (Å²) >= 11 is 10.6. The number of carbonyl (C=O) groups is 2. The molecular formula is C15H10ClFN2O4S2. The Kier molecular flexibility index (Phi) is 4.63. The maximum Gasteiger partial charge on any atom is 0.365 e. The van der Waals surface area contributed by atoms with E-state index in [2.05, 4.69) is 12.6 Å². The van der Waals surface area contributed by atoms with Crippen LogP contribution in [0.4, 0.5) is 14.0 Å². The zero-order valence-corrected chi connectivity index (χ0v) is 14.7. The van der Waals surface area contributed by atoms with Crippen molar-refractivity contribution in [2.24, 2.45) is 5.73 Å². The van der Waals surface area contributed by atoms with Gasteiger partial charge in [0, 0.05) is 10.3 Å². The van der Waals surface area contributed by atoms with Crippen LogP contribution in [0.1, 0.15) is 16.5 Å². The first-order valence-electron chi connectivity index (χ1n) is 6.76. The van der Waals surface area contributed by atoms with Crippen molar-refractivity contribution < 1.29 is 23.8 Å². The van der Waals surface area contributed by atoms with E-state index in [0.717, 1.165) is 16.7 Å². The molecule has 2 aromatic heterocycles. The van der Waals surface area contributed by atoms with Crippen LogP contribution in [0.25, 0.3) is 10.9 Å². The molecule has 130 valence electrons. The fourth-order valence-corrected chi connectivity index (χ4v) is 3.60. The molecular weight excluding hydrogens is 391 g/mol. The Labute approximate surface area is 155 Å². The predicted octanol–water partition coefficient (Wildman–Crippen LogP) is 4.28. The predicted molar refractivity (Wildman–Crippen MR) is 95.2 cm³/mol. The summed E-state index contributed by atoms with van der Waals surface area (Å²) in [5.41, 5.74) is 5.40. The SMILES string of the molecule is NC(=O)n1c(O)c(C(OC(=O)S)c2cccs2)c2cc(F)c(Cl)cc21. The summed E-state index contributed by atoms with van der Waals surface area (Å²) in [4.78, 5) is 23.7. The molecule has 2 heterocycles. The number of nitrogens with zero attached hydrogens (tertiary/aromatic N) is 1. The minimum Gasteiger partial charge on any atom is -0.494 e. The van der Waals surface area contributed by atoms with Gasteiger partial charge in [0.2, 0.25) is 5.88 Å². The van der Waals surface area contributed by atoms with Crippen LogP contribution in [0, 0.1) is 5.82 Å². The molecule has 0 saturated heterocycles. The Morgan fingerprint density at radius 3 is 2.72 bits per heavy atom. The lowest BCUT2D eigenvalue weighted by molar-refractivity contribution is 0.145. The molecule has 3 aromatic rings. The van der Waals surface area contributed by atoms with Crippen molar-refractivity contribution in [2.75, 3.05) is 0 Å². The standard InChI is InChI=1S/C15H10ClFN2O4S2/c16-7-5-9-6(4-8(7)17)11(13(20)19(9)14(18)21)12(23-15(22)24)10-2-1-3-25-10/h1-5,12,20H,(H2,18,21)(H,22,24). The van der Waals surface area contributed by atoms with E-state index >= 15 is 0 Å². The van der Waals surface area contributed by atoms with Gasteiger partial charge in [-0.15, -0.1) is 11.3 Å². The van der Waals surface area contributed by atoms with Gasteiger partial charge in [0.1, 0.15) is 5.82 Å². The smallest absolute Gasteiger partial charge is 0.365 e. The summed E-state index contributed by atoms with van der Waals surface area (Å²) in [6.45, 7) is 0. The minimum atomic E-state index is -1.10. The molecule has 3 rings (SSSR count). The van der Waals surface area contributed by atoms with Crippen LogP contribution in [-0.4, -0.2) is 21.0 Å². The molecule has 0 radical (unpaired) electrons. The first-order chi connectivity index (χ1) is 11.8. The second kappa shape index (κ2) is 6.58. The average Bonchev–Trinajstić information content (AvgIpc) is 3.12. The fraction of sp³-hybridized carbons (Fsp3) is 0.0667. The topological polar surface area (TPSA) is 94.6 Å². The number of hydrogen-bond acceptors (Lipinski definition) is 5. The van der Waals surface area contributed by atoms with Crippen LogP contribution >= 0.6 is 35.6 Å². The van der Waals surface area contributed by atoms with Gasteiger partial charge in [0.15, 0.2) is 6.10 Å². The van der Waals surface area contributed by atoms with Gasteiger partial charge < -0.3 is 15.6 Å². The van der Waals surface area contributed by atoms with Crippen molar-refractivity contribution in [3.63, 3.8) is 0 Å². The second-order valence-corrected chi connectivity index (χ2v) is 6.73. The van der Waals surface area contributed by atoms with Crippen molar-refractivity contribution in [1.82, 2.24) is 4.57 Å². The van der Waals surface area contributed by atoms with Crippen molar-refractivity contribution in [2.45, 2.75) is 6.10 Å². The lowest BCUT2D eigenvalue weighted by Gasteiger charge is -2.15. The third-order valence-corrected chi connectivity index (χ3v) is 4.84. The highest BCUT2D eigenvalue weighted by molar-refractivity contribution is 7.96. The Bertz CT molecular complexity index is 987. The van der Waals surface area contributed by atoms with E-state index < -0.39 is 29.1 Å². The molecule has 0 aliphatic heterocycles. The number of primary amides is 1. The number of amides is 1. The van der Waals surface area contributed by atoms with Crippen molar-refractivity contribution >= 4 is 57.8 Å². The van der Waals surface area contributed by atoms with E-state index in [9.17, 15) is 19.1 Å². The van der Waals surface area contributed by atoms with E-state index in [0.29, 0.717) is 4.88 Å². The zero-order valence-electron chi connectivity index (χ0n) is 12.3. The highest BCUT2D eigenvalue weighted by Gasteiger charge is 2.30. The van der Waals surface area contributed by atoms with Crippen LogP contribution < -0.4 is 5.73 Å². The van der Waals surface area contributed by atoms with Crippen LogP contribution in [0.15, 0.2) is 29.6 Å². The normalized spacial score (nSPS) is 12.3. The quantitative estimate of drug-likeness (QED) is 0.451. The largest absolute Gasteiger partial charge is 0.494 e. The van der Waals surface area contributed by atoms with Crippen LogP contribution in [-0.2, 0) is 4.74 Å². The van der Waals surface area contributed by atoms with Gasteiger partial charge in [-0.2, -0.15) is 0 Å². The molecule has 0 aliphatic rings. The van der Waals surface area contributed by atoms with Gasteiger partial charge in [-0.1, -0.05) is 30.3 Å². The zero-order chi connectivity index (χ0) is 18.3. The summed E-state index contributed by atoms with van der Waals surface area (Å²) in [5.74, 6) is -1.34. The van der Waals surface area contributed by atoms with E-state index in [4.69, 9.17) is 22.1 Å². The lowest BCUT2D eigenvalue weighted by atomic mass is 10.1. The Morgan fingerprint density at radius 2 is 2.16 bits per heavy atom. The summed E-state index contributed by atoms with van der Waals surface area (Å²) in [6, 6.07) is 4.57. The number of thiol groups is 1. The number of aromatic hydroxyl groups is 1. The number of benzene rings is 1. The number of fused-ring (bicyclic) bond motifs is 1. The van der Waals surface area contributed by atoms with Gasteiger partial charge in [0.25, 0.3) is 0 Å². The van der Waals surface area contributed by atoms with E-state index in [1.54, 1.807) is 17.5 Å². The number of halogens is 2. The van der Waals surface area contributed by atoms with Gasteiger partial charge >= 0.3 is 11.3 Å². The van der Waals surface area contributed by atoms with E-state index in [-0.39, 0.29) is 21.5 Å². The highest BCUT2D eigenvalue weighted by Crippen LogP contribution is 2.43. The van der Waals surface area contributed by atoms with Gasteiger partial charge in [-0.3, -0.25) is 0 Å². The molecule has 1 unspecified atom stereocenters. The maximum absolute atomic E-state index is 14.0. The van der Waals surface area contributed by atoms with Crippen LogP contribution in [0.5, 0.6) is 5.88 Å². The number of rotatable bonds is 3. The molecule has 0 spiro atoms. The third kappa shape index (κ3) is 3.06. The minimum absolute atomic E-state index is 0.00853. The molecule has 0 saturated carbocycles. The molecule has 1 atom stereocenters. The van der Waals surface area contributed by atoms with Gasteiger partial charge in [-0.25, -0.2) is 18.5 Å². The summed E-state index contributed by atoms with van der Waals surface area (Å²) in [6.07, 6.45) is -1.10. The monoisotopic (exact) mass is 400 g/mol. The summed E-state index contributed by atoms with van der Waals surface area (Å²) < 4.78 is 19.9. The fourth-order valence-electron chi connectivity index (χ4n) is 2.57. The Hall–Kier alpha value is -2.23.